The van der Waals surface area contributed by atoms with E-state index in [0.717, 1.165) is 22.6 Å². The molecular formula is C26H21ClN4O3. The molecule has 2 heterocycles. The minimum atomic E-state index is -0.492. The van der Waals surface area contributed by atoms with Crippen LogP contribution in [0, 0.1) is 0 Å². The Kier molecular flexibility index (Phi) is 5.77. The molecule has 170 valence electrons. The van der Waals surface area contributed by atoms with Gasteiger partial charge in [0, 0.05) is 16.3 Å². The van der Waals surface area contributed by atoms with Crippen molar-refractivity contribution in [3.63, 3.8) is 0 Å². The summed E-state index contributed by atoms with van der Waals surface area (Å²) in [5.41, 5.74) is 3.78. The summed E-state index contributed by atoms with van der Waals surface area (Å²) in [6, 6.07) is 23.4. The second kappa shape index (κ2) is 9.03. The molecule has 1 N–H and O–H groups in total. The van der Waals surface area contributed by atoms with Crippen molar-refractivity contribution < 1.29 is 14.1 Å². The number of ether oxygens (including phenoxy) is 1. The van der Waals surface area contributed by atoms with Gasteiger partial charge in [0.25, 0.3) is 5.89 Å². The number of methoxy groups -OCH3 is 1. The molecular weight excluding hydrogens is 452 g/mol. The van der Waals surface area contributed by atoms with Gasteiger partial charge in [-0.15, -0.1) is 0 Å². The van der Waals surface area contributed by atoms with Crippen molar-refractivity contribution in [3.8, 4) is 17.1 Å². The predicted octanol–water partition coefficient (Wildman–Crippen LogP) is 6.10. The molecule has 0 radical (unpaired) electrons. The van der Waals surface area contributed by atoms with Gasteiger partial charge in [0.05, 0.1) is 24.4 Å². The molecule has 2 amide bonds. The zero-order valence-corrected chi connectivity index (χ0v) is 19.3. The average molecular weight is 473 g/mol. The van der Waals surface area contributed by atoms with Gasteiger partial charge in [-0.2, -0.15) is 4.98 Å². The Labute approximate surface area is 201 Å². The van der Waals surface area contributed by atoms with E-state index >= 15 is 0 Å². The van der Waals surface area contributed by atoms with Gasteiger partial charge in [-0.25, -0.2) is 4.79 Å². The molecule has 0 saturated carbocycles. The van der Waals surface area contributed by atoms with E-state index in [0.29, 0.717) is 28.0 Å². The highest BCUT2D eigenvalue weighted by atomic mass is 35.5. The molecule has 0 bridgehead atoms. The molecule has 1 unspecified atom stereocenters. The van der Waals surface area contributed by atoms with Crippen molar-refractivity contribution in [2.24, 2.45) is 0 Å². The number of urea groups is 1. The molecule has 0 fully saturated rings. The van der Waals surface area contributed by atoms with Crippen LogP contribution >= 0.6 is 11.6 Å². The average Bonchev–Trinajstić information content (AvgIpc) is 3.34. The maximum atomic E-state index is 13.2. The van der Waals surface area contributed by atoms with Crippen molar-refractivity contribution in [2.45, 2.75) is 13.0 Å². The number of hydrogen-bond acceptors (Lipinski definition) is 5. The smallest absolute Gasteiger partial charge is 0.326 e. The summed E-state index contributed by atoms with van der Waals surface area (Å²) in [6.07, 6.45) is 0. The summed E-state index contributed by atoms with van der Waals surface area (Å²) in [7, 11) is 1.61. The second-order valence-electron chi connectivity index (χ2n) is 7.76. The predicted molar refractivity (Wildman–Crippen MR) is 131 cm³/mol. The van der Waals surface area contributed by atoms with Crippen LogP contribution in [0.1, 0.15) is 24.4 Å². The first-order valence-electron chi connectivity index (χ1n) is 10.7. The Morgan fingerprint density at radius 2 is 1.71 bits per heavy atom. The largest absolute Gasteiger partial charge is 0.497 e. The molecule has 0 saturated heterocycles. The van der Waals surface area contributed by atoms with Crippen LogP contribution in [0.3, 0.4) is 0 Å². The maximum absolute atomic E-state index is 13.2. The number of nitrogens with one attached hydrogen (secondary N) is 1. The van der Waals surface area contributed by atoms with Crippen molar-refractivity contribution in [2.75, 3.05) is 12.0 Å². The van der Waals surface area contributed by atoms with Crippen LogP contribution in [0.5, 0.6) is 5.75 Å². The van der Waals surface area contributed by atoms with Gasteiger partial charge in [0.2, 0.25) is 5.82 Å². The van der Waals surface area contributed by atoms with E-state index in [2.05, 4.69) is 15.5 Å². The number of aromatic nitrogens is 2. The molecule has 5 rings (SSSR count). The SMILES string of the molecule is COc1ccc(-c2noc(C3=C(C)N(c4ccccc4)C(=O)NC3c3ccc(Cl)cc3)n2)cc1. The Morgan fingerprint density at radius 1 is 1.00 bits per heavy atom. The summed E-state index contributed by atoms with van der Waals surface area (Å²) in [5.74, 6) is 1.50. The van der Waals surface area contributed by atoms with Gasteiger partial charge < -0.3 is 14.6 Å². The van der Waals surface area contributed by atoms with Crippen molar-refractivity contribution in [3.05, 3.63) is 101 Å². The molecule has 34 heavy (non-hydrogen) atoms. The second-order valence-corrected chi connectivity index (χ2v) is 8.19. The highest BCUT2D eigenvalue weighted by Gasteiger charge is 2.36. The fraction of sp³-hybridized carbons (Fsp3) is 0.115. The zero-order valence-electron chi connectivity index (χ0n) is 18.5. The van der Waals surface area contributed by atoms with Crippen LogP contribution in [0.15, 0.2) is 89.1 Å². The van der Waals surface area contributed by atoms with Gasteiger partial charge in [-0.1, -0.05) is 47.1 Å². The first kappa shape index (κ1) is 21.7. The van der Waals surface area contributed by atoms with Crippen molar-refractivity contribution in [1.82, 2.24) is 15.5 Å². The Bertz CT molecular complexity index is 1350. The highest BCUT2D eigenvalue weighted by Crippen LogP contribution is 2.39. The molecule has 0 aliphatic carbocycles. The lowest BCUT2D eigenvalue weighted by Gasteiger charge is -2.35. The van der Waals surface area contributed by atoms with E-state index in [1.54, 1.807) is 24.1 Å². The molecule has 1 aromatic heterocycles. The summed E-state index contributed by atoms with van der Waals surface area (Å²) < 4.78 is 11.0. The van der Waals surface area contributed by atoms with Gasteiger partial charge >= 0.3 is 6.03 Å². The monoisotopic (exact) mass is 472 g/mol. The Morgan fingerprint density at radius 3 is 2.38 bits per heavy atom. The lowest BCUT2D eigenvalue weighted by Crippen LogP contribution is -2.46. The van der Waals surface area contributed by atoms with E-state index in [1.165, 1.54) is 0 Å². The van der Waals surface area contributed by atoms with Crippen molar-refractivity contribution >= 4 is 28.9 Å². The first-order chi connectivity index (χ1) is 16.5. The number of para-hydroxylation sites is 1. The number of anilines is 1. The summed E-state index contributed by atoms with van der Waals surface area (Å²) >= 11 is 6.10. The van der Waals surface area contributed by atoms with Crippen LogP contribution < -0.4 is 15.0 Å². The molecule has 0 spiro atoms. The van der Waals surface area contributed by atoms with Crippen LogP contribution in [0.4, 0.5) is 10.5 Å². The standard InChI is InChI=1S/C26H21ClN4O3/c1-16-22(25-29-24(30-34-25)18-10-14-21(33-2)15-11-18)23(17-8-12-19(27)13-9-17)28-26(32)31(16)20-6-4-3-5-7-20/h3-15,23H,1-2H3,(H,28,32). The molecule has 1 aliphatic heterocycles. The van der Waals surface area contributed by atoms with Gasteiger partial charge in [0.1, 0.15) is 5.75 Å². The molecule has 1 aliphatic rings. The van der Waals surface area contributed by atoms with E-state index in [-0.39, 0.29) is 6.03 Å². The molecule has 1 atom stereocenters. The number of benzene rings is 3. The van der Waals surface area contributed by atoms with Gasteiger partial charge in [0.15, 0.2) is 0 Å². The topological polar surface area (TPSA) is 80.5 Å². The lowest BCUT2D eigenvalue weighted by molar-refractivity contribution is 0.244. The minimum Gasteiger partial charge on any atom is -0.497 e. The normalized spacial score (nSPS) is 15.9. The number of amides is 2. The number of allylic oxidation sites excluding steroid dienone is 1. The number of halogens is 1. The number of carbonyl (C=O) groups is 1. The molecule has 8 heteroatoms. The minimum absolute atomic E-state index is 0.248. The third-order valence-electron chi connectivity index (χ3n) is 5.71. The Hall–Kier alpha value is -4.10. The fourth-order valence-corrected chi connectivity index (χ4v) is 4.13. The highest BCUT2D eigenvalue weighted by molar-refractivity contribution is 6.30. The van der Waals surface area contributed by atoms with Gasteiger partial charge in [-0.3, -0.25) is 4.90 Å². The van der Waals surface area contributed by atoms with Gasteiger partial charge in [-0.05, 0) is 61.0 Å². The number of carbonyl (C=O) groups excluding carboxylic acids is 1. The van der Waals surface area contributed by atoms with E-state index in [4.69, 9.17) is 20.9 Å². The third kappa shape index (κ3) is 4.02. The van der Waals surface area contributed by atoms with Crippen molar-refractivity contribution in [1.29, 1.82) is 0 Å². The van der Waals surface area contributed by atoms with Crippen LogP contribution in [0.25, 0.3) is 17.0 Å². The lowest BCUT2D eigenvalue weighted by atomic mass is 9.94. The number of nitrogens with zero attached hydrogens (tertiary/aromatic N) is 3. The number of rotatable bonds is 5. The molecule has 7 nitrogen and oxygen atoms in total. The summed E-state index contributed by atoms with van der Waals surface area (Å²) in [6.45, 7) is 1.88. The Balaban J connectivity index is 1.62. The van der Waals surface area contributed by atoms with Crippen LogP contribution in [-0.4, -0.2) is 23.3 Å². The summed E-state index contributed by atoms with van der Waals surface area (Å²) in [5, 5.41) is 7.89. The third-order valence-corrected chi connectivity index (χ3v) is 5.96. The zero-order chi connectivity index (χ0) is 23.7. The maximum Gasteiger partial charge on any atom is 0.326 e. The fourth-order valence-electron chi connectivity index (χ4n) is 4.00. The van der Waals surface area contributed by atoms with E-state index in [1.807, 2.05) is 73.7 Å². The van der Waals surface area contributed by atoms with Crippen LogP contribution in [0.2, 0.25) is 5.02 Å². The van der Waals surface area contributed by atoms with Crippen LogP contribution in [-0.2, 0) is 0 Å². The molecule has 4 aromatic rings. The quantitative estimate of drug-likeness (QED) is 0.379. The summed E-state index contributed by atoms with van der Waals surface area (Å²) in [4.78, 5) is 19.5. The van der Waals surface area contributed by atoms with E-state index < -0.39 is 6.04 Å². The first-order valence-corrected chi connectivity index (χ1v) is 11.0. The number of hydrogen-bond donors (Lipinski definition) is 1. The molecule has 3 aromatic carbocycles. The van der Waals surface area contributed by atoms with E-state index in [9.17, 15) is 4.79 Å².